The standard InChI is InChI=1S/C23H25F4N7O3/c1-11-8-28-20(34-9-13(29-19(11)34)10-36-23(25,26)27)30-17-4-15(32-33-17)14-2-3-16(18(14)24)37-21(35)31-22-5-12(6-22)7-22/h4,8-9,12,14,16,18H,2-3,5-7,10H2,1H3,(H,31,35)(H2,28,30,32,33)/t12?,14-,16-,18-,22?/m0/s1. The lowest BCUT2D eigenvalue weighted by molar-refractivity contribution is -0.330. The van der Waals surface area contributed by atoms with Crippen molar-refractivity contribution in [1.82, 2.24) is 29.9 Å². The molecular formula is C23H25F4N7O3. The number of imidazole rings is 1. The Morgan fingerprint density at radius 2 is 2.08 bits per heavy atom. The van der Waals surface area contributed by atoms with E-state index in [0.717, 1.165) is 19.3 Å². The third kappa shape index (κ3) is 4.58. The van der Waals surface area contributed by atoms with E-state index >= 15 is 4.39 Å². The van der Waals surface area contributed by atoms with Crippen LogP contribution in [0.5, 0.6) is 0 Å². The molecule has 37 heavy (non-hydrogen) atoms. The van der Waals surface area contributed by atoms with Gasteiger partial charge in [0.25, 0.3) is 0 Å². The Morgan fingerprint density at radius 3 is 2.78 bits per heavy atom. The Morgan fingerprint density at radius 1 is 1.30 bits per heavy atom. The van der Waals surface area contributed by atoms with Crippen molar-refractivity contribution < 1.29 is 31.8 Å². The van der Waals surface area contributed by atoms with Gasteiger partial charge in [-0.3, -0.25) is 14.2 Å². The molecule has 14 heteroatoms. The second-order valence-corrected chi connectivity index (χ2v) is 10.2. The molecule has 0 radical (unpaired) electrons. The zero-order chi connectivity index (χ0) is 25.9. The van der Waals surface area contributed by atoms with Crippen LogP contribution in [0.3, 0.4) is 0 Å². The fraction of sp³-hybridized carbons (Fsp3) is 0.565. The highest BCUT2D eigenvalue weighted by molar-refractivity contribution is 5.69. The van der Waals surface area contributed by atoms with Gasteiger partial charge in [-0.25, -0.2) is 19.2 Å². The summed E-state index contributed by atoms with van der Waals surface area (Å²) >= 11 is 0. The second kappa shape index (κ2) is 8.57. The third-order valence-corrected chi connectivity index (χ3v) is 7.50. The number of alkyl carbamates (subject to hydrolysis) is 1. The number of hydrogen-bond donors (Lipinski definition) is 3. The molecule has 4 aliphatic rings. The van der Waals surface area contributed by atoms with Crippen molar-refractivity contribution in [2.75, 3.05) is 5.32 Å². The van der Waals surface area contributed by atoms with Gasteiger partial charge in [0.05, 0.1) is 12.3 Å². The zero-order valence-corrected chi connectivity index (χ0v) is 19.8. The molecule has 3 N–H and O–H groups in total. The first-order valence-corrected chi connectivity index (χ1v) is 12.1. The van der Waals surface area contributed by atoms with Crippen molar-refractivity contribution in [1.29, 1.82) is 0 Å². The molecule has 3 aromatic rings. The molecule has 4 saturated carbocycles. The summed E-state index contributed by atoms with van der Waals surface area (Å²) in [7, 11) is 0. The fourth-order valence-corrected chi connectivity index (χ4v) is 5.56. The first kappa shape index (κ1) is 23.9. The van der Waals surface area contributed by atoms with Crippen LogP contribution < -0.4 is 10.6 Å². The number of hydrogen-bond acceptors (Lipinski definition) is 7. The molecule has 0 aliphatic heterocycles. The Kier molecular flexibility index (Phi) is 5.55. The molecule has 3 heterocycles. The lowest BCUT2D eigenvalue weighted by Gasteiger charge is -2.61. The van der Waals surface area contributed by atoms with Gasteiger partial charge in [0.15, 0.2) is 5.82 Å². The van der Waals surface area contributed by atoms with E-state index in [4.69, 9.17) is 4.74 Å². The number of aromatic nitrogens is 5. The maximum absolute atomic E-state index is 15.2. The van der Waals surface area contributed by atoms with E-state index in [1.54, 1.807) is 13.0 Å². The molecule has 4 fully saturated rings. The van der Waals surface area contributed by atoms with Gasteiger partial charge < -0.3 is 15.4 Å². The Hall–Kier alpha value is -3.42. The fourth-order valence-electron chi connectivity index (χ4n) is 5.56. The van der Waals surface area contributed by atoms with Gasteiger partial charge in [-0.15, -0.1) is 13.2 Å². The molecule has 0 spiro atoms. The highest BCUT2D eigenvalue weighted by atomic mass is 19.4. The monoisotopic (exact) mass is 523 g/mol. The number of H-pyrrole nitrogens is 1. The largest absolute Gasteiger partial charge is 0.522 e. The number of ether oxygens (including phenoxy) is 2. The van der Waals surface area contributed by atoms with Crippen LogP contribution in [0.25, 0.3) is 5.65 Å². The Balaban J connectivity index is 1.11. The summed E-state index contributed by atoms with van der Waals surface area (Å²) < 4.78 is 63.2. The summed E-state index contributed by atoms with van der Waals surface area (Å²) in [6, 6.07) is 1.64. The van der Waals surface area contributed by atoms with E-state index < -0.39 is 37.3 Å². The molecule has 0 unspecified atom stereocenters. The number of carbonyl (C=O) groups excluding carboxylic acids is 1. The minimum atomic E-state index is -4.77. The van der Waals surface area contributed by atoms with E-state index in [-0.39, 0.29) is 17.2 Å². The minimum absolute atomic E-state index is 0.0783. The summed E-state index contributed by atoms with van der Waals surface area (Å²) in [5.74, 6) is 0.784. The van der Waals surface area contributed by atoms with Crippen molar-refractivity contribution in [3.05, 3.63) is 35.4 Å². The van der Waals surface area contributed by atoms with Crippen LogP contribution in [0, 0.1) is 12.8 Å². The van der Waals surface area contributed by atoms with Crippen LogP contribution in [-0.2, 0) is 16.1 Å². The number of nitrogens with one attached hydrogen (secondary N) is 3. The van der Waals surface area contributed by atoms with E-state index in [1.807, 2.05) is 0 Å². The summed E-state index contributed by atoms with van der Waals surface area (Å²) in [6.45, 7) is 0.994. The third-order valence-electron chi connectivity index (χ3n) is 7.50. The van der Waals surface area contributed by atoms with Gasteiger partial charge >= 0.3 is 12.5 Å². The molecule has 10 nitrogen and oxygen atoms in total. The normalized spacial score (nSPS) is 28.6. The predicted molar refractivity (Wildman–Crippen MR) is 121 cm³/mol. The number of rotatable bonds is 7. The number of aryl methyl sites for hydroxylation is 1. The van der Waals surface area contributed by atoms with E-state index in [9.17, 15) is 18.0 Å². The maximum Gasteiger partial charge on any atom is 0.522 e. The van der Waals surface area contributed by atoms with Crippen LogP contribution in [0.15, 0.2) is 18.5 Å². The predicted octanol–water partition coefficient (Wildman–Crippen LogP) is 4.40. The molecular weight excluding hydrogens is 498 g/mol. The Labute approximate surface area is 208 Å². The molecule has 0 aromatic carbocycles. The summed E-state index contributed by atoms with van der Waals surface area (Å²) in [6.07, 6.45) is -0.832. The van der Waals surface area contributed by atoms with E-state index in [0.29, 0.717) is 41.5 Å². The number of carbonyl (C=O) groups is 1. The SMILES string of the molecule is Cc1cnc(Nc2cc([C@@H]3CC[C@H](OC(=O)NC45CC(C4)C5)[C@H]3F)[nH]n2)n2cc(COC(F)(F)F)nc12. The Bertz CT molecular complexity index is 1320. The van der Waals surface area contributed by atoms with Crippen LogP contribution >= 0.6 is 0 Å². The molecule has 3 aromatic heterocycles. The molecule has 2 bridgehead atoms. The average Bonchev–Trinajstić information content (AvgIpc) is 3.50. The van der Waals surface area contributed by atoms with Crippen molar-refractivity contribution in [2.45, 2.75) is 75.7 Å². The quantitative estimate of drug-likeness (QED) is 0.393. The number of fused-ring (bicyclic) bond motifs is 1. The number of amides is 1. The first-order chi connectivity index (χ1) is 17.6. The molecule has 7 rings (SSSR count). The first-order valence-electron chi connectivity index (χ1n) is 12.1. The van der Waals surface area contributed by atoms with Crippen molar-refractivity contribution in [2.24, 2.45) is 5.92 Å². The van der Waals surface area contributed by atoms with E-state index in [2.05, 4.69) is 35.5 Å². The van der Waals surface area contributed by atoms with E-state index in [1.165, 1.54) is 16.8 Å². The van der Waals surface area contributed by atoms with Crippen molar-refractivity contribution >= 4 is 23.5 Å². The van der Waals surface area contributed by atoms with Crippen LogP contribution in [0.1, 0.15) is 55.0 Å². The van der Waals surface area contributed by atoms with Crippen LogP contribution in [0.4, 0.5) is 34.1 Å². The summed E-state index contributed by atoms with van der Waals surface area (Å²) in [4.78, 5) is 20.7. The lowest BCUT2D eigenvalue weighted by Crippen LogP contribution is -2.68. The van der Waals surface area contributed by atoms with Crippen LogP contribution in [0.2, 0.25) is 0 Å². The molecule has 3 atom stereocenters. The van der Waals surface area contributed by atoms with Gasteiger partial charge in [0.1, 0.15) is 17.9 Å². The van der Waals surface area contributed by atoms with Gasteiger partial charge in [0.2, 0.25) is 5.95 Å². The summed E-state index contributed by atoms with van der Waals surface area (Å²) in [5, 5.41) is 12.9. The van der Waals surface area contributed by atoms with Crippen molar-refractivity contribution in [3.8, 4) is 0 Å². The zero-order valence-electron chi connectivity index (χ0n) is 19.8. The second-order valence-electron chi connectivity index (χ2n) is 10.2. The molecule has 4 aliphatic carbocycles. The number of alkyl halides is 4. The average molecular weight is 523 g/mol. The van der Waals surface area contributed by atoms with Gasteiger partial charge in [-0.05, 0) is 44.9 Å². The van der Waals surface area contributed by atoms with Crippen LogP contribution in [-0.4, -0.2) is 54.8 Å². The van der Waals surface area contributed by atoms with Gasteiger partial charge in [-0.2, -0.15) is 5.10 Å². The molecule has 1 amide bonds. The number of nitrogens with zero attached hydrogens (tertiary/aromatic N) is 4. The number of halogens is 4. The summed E-state index contributed by atoms with van der Waals surface area (Å²) in [5.41, 5.74) is 1.54. The molecule has 198 valence electrons. The topological polar surface area (TPSA) is 118 Å². The number of anilines is 2. The van der Waals surface area contributed by atoms with Gasteiger partial charge in [-0.1, -0.05) is 0 Å². The minimum Gasteiger partial charge on any atom is -0.443 e. The number of aromatic amines is 1. The molecule has 0 saturated heterocycles. The van der Waals surface area contributed by atoms with Crippen molar-refractivity contribution in [3.63, 3.8) is 0 Å². The lowest BCUT2D eigenvalue weighted by atomic mass is 9.50. The highest BCUT2D eigenvalue weighted by Gasteiger charge is 2.58. The highest BCUT2D eigenvalue weighted by Crippen LogP contribution is 2.57. The maximum atomic E-state index is 15.2. The smallest absolute Gasteiger partial charge is 0.443 e. The van der Waals surface area contributed by atoms with Gasteiger partial charge in [0, 0.05) is 41.2 Å².